The second kappa shape index (κ2) is 8.25. The Labute approximate surface area is 180 Å². The summed E-state index contributed by atoms with van der Waals surface area (Å²) in [6, 6.07) is 13.7. The van der Waals surface area contributed by atoms with Crippen LogP contribution in [-0.4, -0.2) is 42.1 Å². The molecule has 0 saturated carbocycles. The predicted octanol–water partition coefficient (Wildman–Crippen LogP) is 3.47. The molecule has 1 aliphatic heterocycles. The molecule has 0 bridgehead atoms. The second-order valence-corrected chi connectivity index (χ2v) is 8.91. The molecule has 0 amide bonds. The Kier molecular flexibility index (Phi) is 5.62. The molecule has 0 spiro atoms. The number of hydrogen-bond acceptors (Lipinski definition) is 7. The van der Waals surface area contributed by atoms with Crippen molar-refractivity contribution < 1.29 is 30.8 Å². The van der Waals surface area contributed by atoms with Gasteiger partial charge in [-0.15, -0.1) is 0 Å². The number of hydrogen-bond donors (Lipinski definition) is 0. The molecule has 3 aromatic rings. The molecule has 0 radical (unpaired) electrons. The van der Waals surface area contributed by atoms with E-state index >= 15 is 0 Å². The van der Waals surface area contributed by atoms with Gasteiger partial charge < -0.3 is 9.26 Å². The minimum atomic E-state index is -4.72. The van der Waals surface area contributed by atoms with Crippen molar-refractivity contribution in [2.45, 2.75) is 23.6 Å². The number of alkyl halides is 3. The highest BCUT2D eigenvalue weighted by Crippen LogP contribution is 2.30. The van der Waals surface area contributed by atoms with Crippen LogP contribution in [0.1, 0.15) is 17.9 Å². The Balaban J connectivity index is 1.40. The topological polar surface area (TPSA) is 109 Å². The lowest BCUT2D eigenvalue weighted by atomic mass is 10.2. The maximum atomic E-state index is 12.8. The molecular weight excluding hydrogens is 449 g/mol. The molecule has 2 heterocycles. The van der Waals surface area contributed by atoms with E-state index in [1.54, 1.807) is 0 Å². The van der Waals surface area contributed by atoms with Crippen molar-refractivity contribution in [3.8, 4) is 23.2 Å². The van der Waals surface area contributed by atoms with Gasteiger partial charge in [-0.25, -0.2) is 8.42 Å². The van der Waals surface area contributed by atoms with Gasteiger partial charge in [-0.05, 0) is 55.0 Å². The lowest BCUT2D eigenvalue weighted by molar-refractivity contribution is -0.159. The number of halogens is 3. The molecule has 1 aromatic heterocycles. The molecule has 32 heavy (non-hydrogen) atoms. The summed E-state index contributed by atoms with van der Waals surface area (Å²) in [5.41, 5.74) is 0.679. The standard InChI is InChI=1S/C20H15F3N4O4S/c21-20(22,23)19-25-18(26-31-19)14-3-5-15(6-4-14)30-16-9-10-27(12-16)32(28,29)17-7-1-13(11-24)2-8-17/h1-8,16H,9-10,12H2/t16-/m0/s1. The van der Waals surface area contributed by atoms with Crippen molar-refractivity contribution in [1.82, 2.24) is 14.4 Å². The fourth-order valence-corrected chi connectivity index (χ4v) is 4.68. The number of aromatic nitrogens is 2. The Morgan fingerprint density at radius 3 is 2.41 bits per heavy atom. The molecule has 0 N–H and O–H groups in total. The molecule has 1 fully saturated rings. The summed E-state index contributed by atoms with van der Waals surface area (Å²) in [4.78, 5) is 3.42. The predicted molar refractivity (Wildman–Crippen MR) is 104 cm³/mol. The van der Waals surface area contributed by atoms with Gasteiger partial charge in [-0.1, -0.05) is 5.16 Å². The van der Waals surface area contributed by atoms with Gasteiger partial charge in [-0.2, -0.15) is 27.7 Å². The highest BCUT2D eigenvalue weighted by atomic mass is 32.2. The number of nitriles is 1. The summed E-state index contributed by atoms with van der Waals surface area (Å²) in [6.45, 7) is 0.415. The first-order chi connectivity index (χ1) is 15.2. The van der Waals surface area contributed by atoms with E-state index in [1.807, 2.05) is 6.07 Å². The summed E-state index contributed by atoms with van der Waals surface area (Å²) >= 11 is 0. The summed E-state index contributed by atoms with van der Waals surface area (Å²) in [5, 5.41) is 12.2. The number of nitrogens with zero attached hydrogens (tertiary/aromatic N) is 4. The van der Waals surface area contributed by atoms with Gasteiger partial charge in [-0.3, -0.25) is 0 Å². The lowest BCUT2D eigenvalue weighted by Crippen LogP contribution is -2.31. The van der Waals surface area contributed by atoms with E-state index < -0.39 is 28.2 Å². The van der Waals surface area contributed by atoms with Crippen LogP contribution >= 0.6 is 0 Å². The Hall–Kier alpha value is -3.43. The molecule has 0 unspecified atom stereocenters. The van der Waals surface area contributed by atoms with Gasteiger partial charge in [0.2, 0.25) is 15.8 Å². The summed E-state index contributed by atoms with van der Waals surface area (Å²) in [6.07, 6.45) is -4.64. The minimum Gasteiger partial charge on any atom is -0.489 e. The first-order valence-corrected chi connectivity index (χ1v) is 10.8. The Bertz CT molecular complexity index is 1250. The largest absolute Gasteiger partial charge is 0.489 e. The monoisotopic (exact) mass is 464 g/mol. The third-order valence-corrected chi connectivity index (χ3v) is 6.69. The maximum absolute atomic E-state index is 12.8. The third kappa shape index (κ3) is 4.44. The van der Waals surface area contributed by atoms with Crippen LogP contribution in [0.2, 0.25) is 0 Å². The zero-order valence-electron chi connectivity index (χ0n) is 16.3. The summed E-state index contributed by atoms with van der Waals surface area (Å²) < 4.78 is 74.7. The van der Waals surface area contributed by atoms with Crippen LogP contribution in [0.15, 0.2) is 57.9 Å². The molecule has 1 aliphatic rings. The number of benzene rings is 2. The van der Waals surface area contributed by atoms with E-state index in [2.05, 4.69) is 14.7 Å². The molecule has 1 saturated heterocycles. The number of sulfonamides is 1. The van der Waals surface area contributed by atoms with Crippen molar-refractivity contribution in [1.29, 1.82) is 5.26 Å². The lowest BCUT2D eigenvalue weighted by Gasteiger charge is -2.17. The zero-order chi connectivity index (χ0) is 22.9. The van der Waals surface area contributed by atoms with E-state index in [9.17, 15) is 21.6 Å². The van der Waals surface area contributed by atoms with E-state index in [0.717, 1.165) is 0 Å². The van der Waals surface area contributed by atoms with Crippen LogP contribution in [0.3, 0.4) is 0 Å². The molecule has 1 atom stereocenters. The average Bonchev–Trinajstić information content (AvgIpc) is 3.45. The average molecular weight is 464 g/mol. The van der Waals surface area contributed by atoms with Crippen LogP contribution in [0, 0.1) is 11.3 Å². The Morgan fingerprint density at radius 1 is 1.12 bits per heavy atom. The van der Waals surface area contributed by atoms with Crippen LogP contribution in [0.5, 0.6) is 5.75 Å². The van der Waals surface area contributed by atoms with E-state index in [-0.39, 0.29) is 23.8 Å². The second-order valence-electron chi connectivity index (χ2n) is 6.97. The molecule has 0 aliphatic carbocycles. The van der Waals surface area contributed by atoms with E-state index in [1.165, 1.54) is 52.8 Å². The molecular formula is C20H15F3N4O4S. The van der Waals surface area contributed by atoms with Gasteiger partial charge in [0, 0.05) is 12.1 Å². The minimum absolute atomic E-state index is 0.0971. The quantitative estimate of drug-likeness (QED) is 0.569. The maximum Gasteiger partial charge on any atom is 0.471 e. The van der Waals surface area contributed by atoms with Crippen LogP contribution in [0.25, 0.3) is 11.4 Å². The van der Waals surface area contributed by atoms with Gasteiger partial charge in [0.05, 0.1) is 23.1 Å². The highest BCUT2D eigenvalue weighted by molar-refractivity contribution is 7.89. The van der Waals surface area contributed by atoms with Gasteiger partial charge in [0.15, 0.2) is 0 Å². The van der Waals surface area contributed by atoms with Crippen LogP contribution in [0.4, 0.5) is 13.2 Å². The van der Waals surface area contributed by atoms with Gasteiger partial charge in [0.1, 0.15) is 11.9 Å². The first kappa shape index (κ1) is 21.8. The normalized spacial score (nSPS) is 17.2. The van der Waals surface area contributed by atoms with E-state index in [0.29, 0.717) is 23.3 Å². The van der Waals surface area contributed by atoms with Gasteiger partial charge >= 0.3 is 12.1 Å². The molecule has 12 heteroatoms. The van der Waals surface area contributed by atoms with Crippen molar-refractivity contribution in [3.05, 3.63) is 60.0 Å². The number of ether oxygens (including phenoxy) is 1. The smallest absolute Gasteiger partial charge is 0.471 e. The van der Waals surface area contributed by atoms with Crippen LogP contribution in [-0.2, 0) is 16.2 Å². The summed E-state index contributed by atoms with van der Waals surface area (Å²) in [7, 11) is -3.72. The first-order valence-electron chi connectivity index (χ1n) is 9.35. The van der Waals surface area contributed by atoms with Crippen LogP contribution < -0.4 is 4.74 Å². The highest BCUT2D eigenvalue weighted by Gasteiger charge is 2.38. The zero-order valence-corrected chi connectivity index (χ0v) is 17.1. The van der Waals surface area contributed by atoms with Crippen molar-refractivity contribution in [3.63, 3.8) is 0 Å². The number of rotatable bonds is 5. The van der Waals surface area contributed by atoms with Gasteiger partial charge in [0.25, 0.3) is 0 Å². The van der Waals surface area contributed by atoms with E-state index in [4.69, 9.17) is 10.00 Å². The molecule has 2 aromatic carbocycles. The molecule has 166 valence electrons. The fourth-order valence-electron chi connectivity index (χ4n) is 3.19. The Morgan fingerprint density at radius 2 is 1.81 bits per heavy atom. The molecule has 4 rings (SSSR count). The van der Waals surface area contributed by atoms with Crippen molar-refractivity contribution in [2.24, 2.45) is 0 Å². The molecule has 8 nitrogen and oxygen atoms in total. The van der Waals surface area contributed by atoms with Crippen molar-refractivity contribution in [2.75, 3.05) is 13.1 Å². The third-order valence-electron chi connectivity index (χ3n) is 4.81. The summed E-state index contributed by atoms with van der Waals surface area (Å²) in [5.74, 6) is -1.21. The van der Waals surface area contributed by atoms with Crippen molar-refractivity contribution >= 4 is 10.0 Å². The SMILES string of the molecule is N#Cc1ccc(S(=O)(=O)N2CC[C@H](Oc3ccc(-c4noc(C(F)(F)F)n4)cc3)C2)cc1. The fraction of sp³-hybridized carbons (Fsp3) is 0.250.